The second-order valence-corrected chi connectivity index (χ2v) is 6.65. The van der Waals surface area contributed by atoms with Crippen molar-refractivity contribution in [1.29, 1.82) is 0 Å². The Hall–Kier alpha value is -0.0900. The number of rotatable bonds is 3. The molecule has 0 saturated heterocycles. The summed E-state index contributed by atoms with van der Waals surface area (Å²) >= 11 is 2.37. The predicted octanol–water partition coefficient (Wildman–Crippen LogP) is 3.86. The molecule has 0 aromatic heterocycles. The maximum Gasteiger partial charge on any atom is 0.0130 e. The van der Waals surface area contributed by atoms with Crippen molar-refractivity contribution in [2.45, 2.75) is 38.6 Å². The van der Waals surface area contributed by atoms with Crippen LogP contribution in [0, 0.1) is 15.4 Å². The molecule has 1 N–H and O–H groups in total. The molecule has 0 amide bonds. The van der Waals surface area contributed by atoms with Gasteiger partial charge in [0.25, 0.3) is 0 Å². The standard InChI is InChI=1S/C15H22IN/c1-11-3-8-15(17-2)13(9-11)10-12-4-6-14(16)7-5-12/h4-7,11,13,15,17H,3,8-10H2,1-2H3. The summed E-state index contributed by atoms with van der Waals surface area (Å²) in [7, 11) is 2.11. The van der Waals surface area contributed by atoms with Crippen molar-refractivity contribution in [3.05, 3.63) is 33.4 Å². The molecule has 0 bridgehead atoms. The summed E-state index contributed by atoms with van der Waals surface area (Å²) in [6.07, 6.45) is 5.33. The van der Waals surface area contributed by atoms with Gasteiger partial charge in [0, 0.05) is 9.61 Å². The third-order valence-electron chi connectivity index (χ3n) is 4.03. The van der Waals surface area contributed by atoms with Crippen LogP contribution >= 0.6 is 22.6 Å². The lowest BCUT2D eigenvalue weighted by Crippen LogP contribution is -2.39. The average molecular weight is 343 g/mol. The Morgan fingerprint density at radius 3 is 2.59 bits per heavy atom. The van der Waals surface area contributed by atoms with Crippen LogP contribution in [0.2, 0.25) is 0 Å². The lowest BCUT2D eigenvalue weighted by atomic mass is 9.76. The zero-order chi connectivity index (χ0) is 12.3. The molecular formula is C15H22IN. The van der Waals surface area contributed by atoms with Crippen LogP contribution in [0.3, 0.4) is 0 Å². The number of halogens is 1. The third kappa shape index (κ3) is 3.68. The number of hydrogen-bond acceptors (Lipinski definition) is 1. The second kappa shape index (κ2) is 6.19. The summed E-state index contributed by atoms with van der Waals surface area (Å²) in [6, 6.07) is 9.72. The smallest absolute Gasteiger partial charge is 0.0130 e. The zero-order valence-corrected chi connectivity index (χ0v) is 12.9. The molecule has 17 heavy (non-hydrogen) atoms. The molecule has 0 radical (unpaired) electrons. The lowest BCUT2D eigenvalue weighted by Gasteiger charge is -2.35. The first-order valence-electron chi connectivity index (χ1n) is 6.60. The van der Waals surface area contributed by atoms with Crippen LogP contribution in [0.4, 0.5) is 0 Å². The van der Waals surface area contributed by atoms with Gasteiger partial charge < -0.3 is 5.32 Å². The molecule has 3 atom stereocenters. The number of hydrogen-bond donors (Lipinski definition) is 1. The van der Waals surface area contributed by atoms with Crippen LogP contribution in [0.5, 0.6) is 0 Å². The van der Waals surface area contributed by atoms with Crippen molar-refractivity contribution in [2.75, 3.05) is 7.05 Å². The average Bonchev–Trinajstić information content (AvgIpc) is 2.32. The van der Waals surface area contributed by atoms with E-state index in [2.05, 4.69) is 66.1 Å². The molecular weight excluding hydrogens is 321 g/mol. The summed E-state index contributed by atoms with van der Waals surface area (Å²) in [5.41, 5.74) is 1.49. The molecule has 2 rings (SSSR count). The van der Waals surface area contributed by atoms with E-state index in [9.17, 15) is 0 Å². The van der Waals surface area contributed by atoms with Gasteiger partial charge in [0.1, 0.15) is 0 Å². The Bertz CT molecular complexity index is 346. The molecule has 0 heterocycles. The van der Waals surface area contributed by atoms with E-state index in [0.717, 1.165) is 11.8 Å². The Morgan fingerprint density at radius 1 is 1.24 bits per heavy atom. The van der Waals surface area contributed by atoms with Gasteiger partial charge in [-0.2, -0.15) is 0 Å². The van der Waals surface area contributed by atoms with Crippen molar-refractivity contribution in [1.82, 2.24) is 5.32 Å². The number of nitrogens with one attached hydrogen (secondary N) is 1. The third-order valence-corrected chi connectivity index (χ3v) is 4.75. The highest BCUT2D eigenvalue weighted by atomic mass is 127. The molecule has 1 aromatic rings. The molecule has 1 aliphatic rings. The fraction of sp³-hybridized carbons (Fsp3) is 0.600. The Balaban J connectivity index is 2.02. The summed E-state index contributed by atoms with van der Waals surface area (Å²) in [6.45, 7) is 2.40. The van der Waals surface area contributed by atoms with Gasteiger partial charge in [0.05, 0.1) is 0 Å². The normalized spacial score (nSPS) is 29.2. The molecule has 0 aliphatic heterocycles. The molecule has 3 unspecified atom stereocenters. The summed E-state index contributed by atoms with van der Waals surface area (Å²) < 4.78 is 1.33. The monoisotopic (exact) mass is 343 g/mol. The number of benzene rings is 1. The van der Waals surface area contributed by atoms with Crippen LogP contribution in [0.15, 0.2) is 24.3 Å². The van der Waals surface area contributed by atoms with Gasteiger partial charge in [-0.25, -0.2) is 0 Å². The summed E-state index contributed by atoms with van der Waals surface area (Å²) in [5.74, 6) is 1.71. The van der Waals surface area contributed by atoms with Gasteiger partial charge in [-0.15, -0.1) is 0 Å². The van der Waals surface area contributed by atoms with Crippen LogP contribution in [0.1, 0.15) is 31.7 Å². The fourth-order valence-corrected chi connectivity index (χ4v) is 3.39. The van der Waals surface area contributed by atoms with Crippen LogP contribution in [-0.2, 0) is 6.42 Å². The van der Waals surface area contributed by atoms with Crippen LogP contribution in [0.25, 0.3) is 0 Å². The van der Waals surface area contributed by atoms with E-state index in [1.165, 1.54) is 34.8 Å². The van der Waals surface area contributed by atoms with Crippen molar-refractivity contribution in [3.8, 4) is 0 Å². The van der Waals surface area contributed by atoms with E-state index < -0.39 is 0 Å². The van der Waals surface area contributed by atoms with E-state index in [1.54, 1.807) is 0 Å². The van der Waals surface area contributed by atoms with Gasteiger partial charge in [-0.05, 0) is 84.9 Å². The Morgan fingerprint density at radius 2 is 1.94 bits per heavy atom. The van der Waals surface area contributed by atoms with E-state index in [4.69, 9.17) is 0 Å². The second-order valence-electron chi connectivity index (χ2n) is 5.40. The Kier molecular flexibility index (Phi) is 4.86. The molecule has 1 aliphatic carbocycles. The molecule has 2 heteroatoms. The highest BCUT2D eigenvalue weighted by Crippen LogP contribution is 2.31. The van der Waals surface area contributed by atoms with Gasteiger partial charge in [0.2, 0.25) is 0 Å². The van der Waals surface area contributed by atoms with E-state index in [0.29, 0.717) is 6.04 Å². The van der Waals surface area contributed by atoms with Crippen LogP contribution in [-0.4, -0.2) is 13.1 Å². The van der Waals surface area contributed by atoms with E-state index >= 15 is 0 Å². The molecule has 0 spiro atoms. The Labute approximate surface area is 119 Å². The first kappa shape index (κ1) is 13.3. The maximum atomic E-state index is 3.50. The first-order chi connectivity index (χ1) is 8.19. The van der Waals surface area contributed by atoms with Gasteiger partial charge in [-0.1, -0.05) is 19.1 Å². The van der Waals surface area contributed by atoms with Gasteiger partial charge in [0.15, 0.2) is 0 Å². The minimum atomic E-state index is 0.713. The summed E-state index contributed by atoms with van der Waals surface area (Å²) in [4.78, 5) is 0. The fourth-order valence-electron chi connectivity index (χ4n) is 3.03. The zero-order valence-electron chi connectivity index (χ0n) is 10.7. The predicted molar refractivity (Wildman–Crippen MR) is 82.2 cm³/mol. The van der Waals surface area contributed by atoms with E-state index in [-0.39, 0.29) is 0 Å². The van der Waals surface area contributed by atoms with Gasteiger partial charge in [-0.3, -0.25) is 0 Å². The molecule has 1 saturated carbocycles. The minimum Gasteiger partial charge on any atom is -0.317 e. The highest BCUT2D eigenvalue weighted by molar-refractivity contribution is 14.1. The largest absolute Gasteiger partial charge is 0.317 e. The molecule has 94 valence electrons. The molecule has 1 nitrogen and oxygen atoms in total. The van der Waals surface area contributed by atoms with E-state index in [1.807, 2.05) is 0 Å². The van der Waals surface area contributed by atoms with Crippen LogP contribution < -0.4 is 5.32 Å². The SMILES string of the molecule is CNC1CCC(C)CC1Cc1ccc(I)cc1. The van der Waals surface area contributed by atoms with Crippen molar-refractivity contribution in [3.63, 3.8) is 0 Å². The molecule has 1 aromatic carbocycles. The molecule has 1 fully saturated rings. The van der Waals surface area contributed by atoms with Gasteiger partial charge >= 0.3 is 0 Å². The quantitative estimate of drug-likeness (QED) is 0.822. The highest BCUT2D eigenvalue weighted by Gasteiger charge is 2.27. The summed E-state index contributed by atoms with van der Waals surface area (Å²) in [5, 5.41) is 3.50. The lowest BCUT2D eigenvalue weighted by molar-refractivity contribution is 0.220. The minimum absolute atomic E-state index is 0.713. The van der Waals surface area contributed by atoms with Crippen molar-refractivity contribution < 1.29 is 0 Å². The first-order valence-corrected chi connectivity index (χ1v) is 7.68. The topological polar surface area (TPSA) is 12.0 Å². The van der Waals surface area contributed by atoms with Crippen molar-refractivity contribution >= 4 is 22.6 Å². The maximum absolute atomic E-state index is 3.50. The van der Waals surface area contributed by atoms with Crippen molar-refractivity contribution in [2.24, 2.45) is 11.8 Å².